The van der Waals surface area contributed by atoms with Gasteiger partial charge in [0.25, 0.3) is 0 Å². The number of nitrogens with one attached hydrogen (secondary N) is 1. The van der Waals surface area contributed by atoms with Crippen LogP contribution in [0.2, 0.25) is 0 Å². The van der Waals surface area contributed by atoms with Crippen molar-refractivity contribution in [3.8, 4) is 0 Å². The average molecular weight is 229 g/mol. The van der Waals surface area contributed by atoms with Gasteiger partial charge >= 0.3 is 0 Å². The number of nitrogens with zero attached hydrogens (tertiary/aromatic N) is 1. The quantitative estimate of drug-likeness (QED) is 0.844. The number of aromatic nitrogens is 1. The van der Waals surface area contributed by atoms with E-state index in [2.05, 4.69) is 10.3 Å². The SMILES string of the molecule is CC[C@@H](N)C(=O)Nc1cccc2cccnc12. The predicted octanol–water partition coefficient (Wildman–Crippen LogP) is 1.91. The van der Waals surface area contributed by atoms with E-state index in [9.17, 15) is 4.79 Å². The van der Waals surface area contributed by atoms with Crippen molar-refractivity contribution in [1.82, 2.24) is 4.98 Å². The molecule has 4 heteroatoms. The number of amides is 1. The molecule has 3 N–H and O–H groups in total. The van der Waals surface area contributed by atoms with E-state index < -0.39 is 6.04 Å². The van der Waals surface area contributed by atoms with Crippen molar-refractivity contribution >= 4 is 22.5 Å². The summed E-state index contributed by atoms with van der Waals surface area (Å²) in [7, 11) is 0. The minimum absolute atomic E-state index is 0.175. The van der Waals surface area contributed by atoms with Crippen LogP contribution < -0.4 is 11.1 Å². The third-order valence-corrected chi connectivity index (χ3v) is 2.67. The molecule has 0 saturated carbocycles. The number of rotatable bonds is 3. The van der Waals surface area contributed by atoms with Crippen LogP contribution in [0, 0.1) is 0 Å². The normalized spacial score (nSPS) is 12.4. The van der Waals surface area contributed by atoms with Crippen LogP contribution in [0.3, 0.4) is 0 Å². The first-order chi connectivity index (χ1) is 8.22. The van der Waals surface area contributed by atoms with Gasteiger partial charge in [0.15, 0.2) is 0 Å². The molecule has 0 aliphatic carbocycles. The van der Waals surface area contributed by atoms with Crippen molar-refractivity contribution in [1.29, 1.82) is 0 Å². The number of fused-ring (bicyclic) bond motifs is 1. The molecule has 0 spiro atoms. The zero-order valence-electron chi connectivity index (χ0n) is 9.68. The molecule has 1 amide bonds. The fourth-order valence-electron chi connectivity index (χ4n) is 1.62. The van der Waals surface area contributed by atoms with Crippen molar-refractivity contribution in [3.05, 3.63) is 36.5 Å². The summed E-state index contributed by atoms with van der Waals surface area (Å²) in [5, 5.41) is 3.80. The minimum atomic E-state index is -0.478. The van der Waals surface area contributed by atoms with E-state index in [1.807, 2.05) is 37.3 Å². The van der Waals surface area contributed by atoms with E-state index in [1.54, 1.807) is 6.20 Å². The fraction of sp³-hybridized carbons (Fsp3) is 0.231. The monoisotopic (exact) mass is 229 g/mol. The van der Waals surface area contributed by atoms with Crippen LogP contribution in [0.1, 0.15) is 13.3 Å². The molecule has 1 aromatic heterocycles. The summed E-state index contributed by atoms with van der Waals surface area (Å²) in [6, 6.07) is 9.02. The maximum absolute atomic E-state index is 11.7. The standard InChI is InChI=1S/C13H15N3O/c1-2-10(14)13(17)16-11-7-3-5-9-6-4-8-15-12(9)11/h3-8,10H,2,14H2,1H3,(H,16,17)/t10-/m1/s1. The first-order valence-corrected chi connectivity index (χ1v) is 5.62. The lowest BCUT2D eigenvalue weighted by Gasteiger charge is -2.11. The molecule has 88 valence electrons. The lowest BCUT2D eigenvalue weighted by atomic mass is 10.1. The van der Waals surface area contributed by atoms with E-state index in [-0.39, 0.29) is 5.91 Å². The highest BCUT2D eigenvalue weighted by molar-refractivity contribution is 6.02. The van der Waals surface area contributed by atoms with Gasteiger partial charge in [-0.2, -0.15) is 0 Å². The van der Waals surface area contributed by atoms with E-state index in [0.717, 1.165) is 10.9 Å². The Morgan fingerprint density at radius 2 is 2.18 bits per heavy atom. The maximum atomic E-state index is 11.7. The Bertz CT molecular complexity index is 534. The Morgan fingerprint density at radius 3 is 2.94 bits per heavy atom. The maximum Gasteiger partial charge on any atom is 0.241 e. The Labute approximate surface area is 99.8 Å². The fourth-order valence-corrected chi connectivity index (χ4v) is 1.62. The summed E-state index contributed by atoms with van der Waals surface area (Å²) in [5.41, 5.74) is 7.17. The summed E-state index contributed by atoms with van der Waals surface area (Å²) in [4.78, 5) is 16.0. The number of carbonyl (C=O) groups is 1. The summed E-state index contributed by atoms with van der Waals surface area (Å²) in [6.45, 7) is 1.88. The lowest BCUT2D eigenvalue weighted by molar-refractivity contribution is -0.117. The summed E-state index contributed by atoms with van der Waals surface area (Å²) >= 11 is 0. The van der Waals surface area contributed by atoms with Crippen LogP contribution >= 0.6 is 0 Å². The van der Waals surface area contributed by atoms with Crippen molar-refractivity contribution in [2.75, 3.05) is 5.32 Å². The second kappa shape index (κ2) is 4.93. The Kier molecular flexibility index (Phi) is 3.35. The highest BCUT2D eigenvalue weighted by atomic mass is 16.2. The molecular formula is C13H15N3O. The van der Waals surface area contributed by atoms with Gasteiger partial charge in [-0.25, -0.2) is 0 Å². The summed E-state index contributed by atoms with van der Waals surface area (Å²) in [5.74, 6) is -0.175. The molecule has 1 aromatic carbocycles. The smallest absolute Gasteiger partial charge is 0.241 e. The highest BCUT2D eigenvalue weighted by Crippen LogP contribution is 2.20. The number of nitrogens with two attached hydrogens (primary N) is 1. The highest BCUT2D eigenvalue weighted by Gasteiger charge is 2.12. The Morgan fingerprint density at radius 1 is 1.41 bits per heavy atom. The number of carbonyl (C=O) groups excluding carboxylic acids is 1. The van der Waals surface area contributed by atoms with Crippen LogP contribution in [-0.2, 0) is 4.79 Å². The van der Waals surface area contributed by atoms with Gasteiger partial charge in [-0.3, -0.25) is 9.78 Å². The van der Waals surface area contributed by atoms with Crippen LogP contribution in [0.15, 0.2) is 36.5 Å². The van der Waals surface area contributed by atoms with E-state index in [4.69, 9.17) is 5.73 Å². The van der Waals surface area contributed by atoms with E-state index in [0.29, 0.717) is 12.1 Å². The first kappa shape index (κ1) is 11.5. The number of benzene rings is 1. The number of para-hydroxylation sites is 1. The van der Waals surface area contributed by atoms with Crippen molar-refractivity contribution < 1.29 is 4.79 Å². The number of pyridine rings is 1. The average Bonchev–Trinajstić information content (AvgIpc) is 2.38. The molecule has 1 atom stereocenters. The molecule has 2 rings (SSSR count). The van der Waals surface area contributed by atoms with Crippen LogP contribution in [0.5, 0.6) is 0 Å². The van der Waals surface area contributed by atoms with E-state index in [1.165, 1.54) is 0 Å². The number of hydrogen-bond donors (Lipinski definition) is 2. The second-order valence-corrected chi connectivity index (χ2v) is 3.88. The molecule has 17 heavy (non-hydrogen) atoms. The zero-order chi connectivity index (χ0) is 12.3. The van der Waals surface area contributed by atoms with Gasteiger partial charge in [-0.05, 0) is 18.6 Å². The second-order valence-electron chi connectivity index (χ2n) is 3.88. The predicted molar refractivity (Wildman–Crippen MR) is 68.6 cm³/mol. The molecule has 0 saturated heterocycles. The largest absolute Gasteiger partial charge is 0.323 e. The van der Waals surface area contributed by atoms with Gasteiger partial charge in [0.05, 0.1) is 17.2 Å². The molecule has 0 aliphatic rings. The molecule has 0 fully saturated rings. The van der Waals surface area contributed by atoms with Crippen molar-refractivity contribution in [3.63, 3.8) is 0 Å². The van der Waals surface area contributed by atoms with Crippen LogP contribution in [-0.4, -0.2) is 16.9 Å². The lowest BCUT2D eigenvalue weighted by Crippen LogP contribution is -2.34. The third-order valence-electron chi connectivity index (χ3n) is 2.67. The zero-order valence-corrected chi connectivity index (χ0v) is 9.68. The van der Waals surface area contributed by atoms with Crippen molar-refractivity contribution in [2.24, 2.45) is 5.73 Å². The molecule has 0 unspecified atom stereocenters. The molecule has 0 aliphatic heterocycles. The van der Waals surface area contributed by atoms with Crippen LogP contribution in [0.25, 0.3) is 10.9 Å². The molecule has 4 nitrogen and oxygen atoms in total. The van der Waals surface area contributed by atoms with Crippen molar-refractivity contribution in [2.45, 2.75) is 19.4 Å². The third kappa shape index (κ3) is 2.42. The molecule has 1 heterocycles. The van der Waals surface area contributed by atoms with Gasteiger partial charge in [0.2, 0.25) is 5.91 Å². The van der Waals surface area contributed by atoms with E-state index >= 15 is 0 Å². The minimum Gasteiger partial charge on any atom is -0.323 e. The first-order valence-electron chi connectivity index (χ1n) is 5.62. The molecule has 2 aromatic rings. The molecular weight excluding hydrogens is 214 g/mol. The number of anilines is 1. The van der Waals surface area contributed by atoms with Gasteiger partial charge in [0.1, 0.15) is 0 Å². The Balaban J connectivity index is 2.33. The summed E-state index contributed by atoms with van der Waals surface area (Å²) < 4.78 is 0. The Hall–Kier alpha value is -1.94. The number of hydrogen-bond acceptors (Lipinski definition) is 3. The molecule has 0 bridgehead atoms. The molecule has 0 radical (unpaired) electrons. The topological polar surface area (TPSA) is 68.0 Å². The van der Waals surface area contributed by atoms with Gasteiger partial charge in [-0.15, -0.1) is 0 Å². The van der Waals surface area contributed by atoms with Gasteiger partial charge < -0.3 is 11.1 Å². The summed E-state index contributed by atoms with van der Waals surface area (Å²) in [6.07, 6.45) is 2.32. The van der Waals surface area contributed by atoms with Gasteiger partial charge in [-0.1, -0.05) is 25.1 Å². The van der Waals surface area contributed by atoms with Crippen LogP contribution in [0.4, 0.5) is 5.69 Å². The van der Waals surface area contributed by atoms with Gasteiger partial charge in [0, 0.05) is 11.6 Å².